The van der Waals surface area contributed by atoms with Crippen LogP contribution in [-0.2, 0) is 29.2 Å². The van der Waals surface area contributed by atoms with E-state index < -0.39 is 5.82 Å². The van der Waals surface area contributed by atoms with E-state index in [4.69, 9.17) is 30.8 Å². The second-order valence-corrected chi connectivity index (χ2v) is 11.5. The zero-order chi connectivity index (χ0) is 28.3. The van der Waals surface area contributed by atoms with Gasteiger partial charge in [-0.25, -0.2) is 19.2 Å². The van der Waals surface area contributed by atoms with Crippen molar-refractivity contribution in [2.24, 2.45) is 0 Å². The lowest BCUT2D eigenvalue weighted by atomic mass is 10.0. The summed E-state index contributed by atoms with van der Waals surface area (Å²) < 4.78 is 33.0. The molecule has 6 rings (SSSR count). The molecule has 41 heavy (non-hydrogen) atoms. The highest BCUT2D eigenvalue weighted by molar-refractivity contribution is 7.20. The summed E-state index contributed by atoms with van der Waals surface area (Å²) in [5.74, 6) is 0.709. The molecule has 0 saturated carbocycles. The first-order valence-corrected chi connectivity index (χ1v) is 14.9. The van der Waals surface area contributed by atoms with Crippen LogP contribution < -0.4 is 4.74 Å². The second-order valence-electron chi connectivity index (χ2n) is 10.0. The van der Waals surface area contributed by atoms with Crippen molar-refractivity contribution in [3.05, 3.63) is 81.3 Å². The summed E-state index contributed by atoms with van der Waals surface area (Å²) in [4.78, 5) is 25.6. The number of pyridine rings is 1. The van der Waals surface area contributed by atoms with Gasteiger partial charge in [0.2, 0.25) is 5.88 Å². The van der Waals surface area contributed by atoms with E-state index in [9.17, 15) is 9.18 Å². The molecule has 0 radical (unpaired) electrons. The number of esters is 1. The van der Waals surface area contributed by atoms with Crippen molar-refractivity contribution in [3.8, 4) is 5.88 Å². The number of carbonyl (C=O) groups excluding carboxylic acids is 1. The third kappa shape index (κ3) is 6.30. The van der Waals surface area contributed by atoms with Gasteiger partial charge in [-0.2, -0.15) is 0 Å². The van der Waals surface area contributed by atoms with E-state index in [1.807, 2.05) is 18.2 Å². The molecular formula is C30H30ClFN4O4S. The summed E-state index contributed by atoms with van der Waals surface area (Å²) in [6.45, 7) is 6.02. The number of fused-ring (bicyclic) bond motifs is 1. The Morgan fingerprint density at radius 2 is 2.12 bits per heavy atom. The van der Waals surface area contributed by atoms with E-state index in [0.29, 0.717) is 34.5 Å². The van der Waals surface area contributed by atoms with E-state index in [0.717, 1.165) is 66.5 Å². The summed E-state index contributed by atoms with van der Waals surface area (Å²) >= 11 is 7.22. The number of rotatable bonds is 10. The average molecular weight is 597 g/mol. The zero-order valence-electron chi connectivity index (χ0n) is 22.6. The van der Waals surface area contributed by atoms with Gasteiger partial charge in [-0.3, -0.25) is 4.90 Å². The number of carbonyl (C=O) groups is 1. The maximum atomic E-state index is 14.1. The van der Waals surface area contributed by atoms with Gasteiger partial charge in [-0.05, 0) is 49.6 Å². The number of imidazole rings is 1. The Hall–Kier alpha value is -3.31. The highest BCUT2D eigenvalue weighted by Crippen LogP contribution is 2.30. The number of hydrogen-bond donors (Lipinski definition) is 0. The number of benzene rings is 1. The lowest BCUT2D eigenvalue weighted by Crippen LogP contribution is -2.33. The Labute approximate surface area is 246 Å². The van der Waals surface area contributed by atoms with Gasteiger partial charge in [0.25, 0.3) is 0 Å². The fourth-order valence-electron chi connectivity index (χ4n) is 4.97. The normalized spacial score (nSPS) is 17.3. The topological polar surface area (TPSA) is 78.7 Å². The standard InChI is InChI=1S/C30H30ClFN4O4S/c1-2-38-30(37)26-15-25-29(41-26)34-27(36(25)16-22-10-13-39-22)17-35-11-8-19(9-12-35)24-4-3-5-28(33-24)40-18-20-6-7-21(31)14-23(20)32/h3-8,14-15,22H,2,9-13,16-18H2,1H3/t22-/m0/s1. The minimum Gasteiger partial charge on any atom is -0.473 e. The number of ether oxygens (including phenoxy) is 3. The maximum Gasteiger partial charge on any atom is 0.348 e. The molecule has 2 aliphatic heterocycles. The predicted molar refractivity (Wildman–Crippen MR) is 156 cm³/mol. The molecule has 3 aromatic heterocycles. The van der Waals surface area contributed by atoms with Gasteiger partial charge in [-0.1, -0.05) is 29.8 Å². The highest BCUT2D eigenvalue weighted by atomic mass is 35.5. The fraction of sp³-hybridized carbons (Fsp3) is 0.367. The lowest BCUT2D eigenvalue weighted by molar-refractivity contribution is -0.0591. The number of halogens is 2. The minimum atomic E-state index is -0.399. The molecule has 0 amide bonds. The summed E-state index contributed by atoms with van der Waals surface area (Å²) in [7, 11) is 0. The SMILES string of the molecule is CCOC(=O)c1cc2c(nc(CN3CC=C(c4cccc(OCc5ccc(Cl)cc5F)n4)CC3)n2C[C@@H]2CCO2)s1. The third-order valence-corrected chi connectivity index (χ3v) is 8.52. The largest absolute Gasteiger partial charge is 0.473 e. The highest BCUT2D eigenvalue weighted by Gasteiger charge is 2.25. The van der Waals surface area contributed by atoms with Crippen molar-refractivity contribution in [2.75, 3.05) is 26.3 Å². The van der Waals surface area contributed by atoms with Crippen LogP contribution >= 0.6 is 22.9 Å². The first-order valence-electron chi connectivity index (χ1n) is 13.7. The van der Waals surface area contributed by atoms with Crippen LogP contribution in [0, 0.1) is 5.82 Å². The van der Waals surface area contributed by atoms with Gasteiger partial charge in [0.1, 0.15) is 28.0 Å². The molecule has 4 aromatic rings. The molecule has 1 atom stereocenters. The molecule has 0 unspecified atom stereocenters. The molecule has 8 nitrogen and oxygen atoms in total. The molecule has 1 aromatic carbocycles. The minimum absolute atomic E-state index is 0.0730. The Balaban J connectivity index is 1.13. The molecular weight excluding hydrogens is 567 g/mol. The first kappa shape index (κ1) is 27.8. The van der Waals surface area contributed by atoms with Crippen LogP contribution in [-0.4, -0.2) is 57.8 Å². The van der Waals surface area contributed by atoms with Crippen molar-refractivity contribution >= 4 is 44.8 Å². The number of aromatic nitrogens is 3. The summed E-state index contributed by atoms with van der Waals surface area (Å²) in [5.41, 5.74) is 3.38. The van der Waals surface area contributed by atoms with Crippen LogP contribution in [0.2, 0.25) is 5.02 Å². The van der Waals surface area contributed by atoms with Gasteiger partial charge in [0, 0.05) is 36.3 Å². The Morgan fingerprint density at radius 1 is 1.24 bits per heavy atom. The van der Waals surface area contributed by atoms with Crippen molar-refractivity contribution in [1.82, 2.24) is 19.4 Å². The van der Waals surface area contributed by atoms with Gasteiger partial charge in [0.05, 0.1) is 37.0 Å². The monoisotopic (exact) mass is 596 g/mol. The number of thiophene rings is 1. The van der Waals surface area contributed by atoms with Crippen molar-refractivity contribution in [3.63, 3.8) is 0 Å². The first-order chi connectivity index (χ1) is 20.0. The van der Waals surface area contributed by atoms with Crippen LogP contribution in [0.1, 0.15) is 46.5 Å². The number of nitrogens with zero attached hydrogens (tertiary/aromatic N) is 4. The van der Waals surface area contributed by atoms with E-state index in [1.54, 1.807) is 25.1 Å². The van der Waals surface area contributed by atoms with E-state index >= 15 is 0 Å². The molecule has 2 aliphatic rings. The van der Waals surface area contributed by atoms with Crippen LogP contribution in [0.5, 0.6) is 5.88 Å². The van der Waals surface area contributed by atoms with Crippen molar-refractivity contribution < 1.29 is 23.4 Å². The van der Waals surface area contributed by atoms with Crippen LogP contribution in [0.3, 0.4) is 0 Å². The molecule has 0 N–H and O–H groups in total. The smallest absolute Gasteiger partial charge is 0.348 e. The molecule has 1 saturated heterocycles. The molecule has 0 spiro atoms. The second kappa shape index (κ2) is 12.3. The molecule has 5 heterocycles. The average Bonchev–Trinajstić information content (AvgIpc) is 3.49. The summed E-state index contributed by atoms with van der Waals surface area (Å²) in [6, 6.07) is 12.1. The molecule has 11 heteroatoms. The van der Waals surface area contributed by atoms with Crippen molar-refractivity contribution in [1.29, 1.82) is 0 Å². The van der Waals surface area contributed by atoms with Crippen molar-refractivity contribution in [2.45, 2.75) is 45.6 Å². The van der Waals surface area contributed by atoms with E-state index in [-0.39, 0.29) is 18.7 Å². The molecule has 214 valence electrons. The quantitative estimate of drug-likeness (QED) is 0.204. The molecule has 0 bridgehead atoms. The molecule has 1 fully saturated rings. The van der Waals surface area contributed by atoms with Crippen LogP contribution in [0.15, 0.2) is 48.5 Å². The number of hydrogen-bond acceptors (Lipinski definition) is 8. The Bertz CT molecular complexity index is 1600. The summed E-state index contributed by atoms with van der Waals surface area (Å²) in [6.07, 6.45) is 4.21. The van der Waals surface area contributed by atoms with Gasteiger partial charge < -0.3 is 18.8 Å². The van der Waals surface area contributed by atoms with E-state index in [2.05, 4.69) is 20.5 Å². The Kier molecular flexibility index (Phi) is 8.34. The van der Waals surface area contributed by atoms with Gasteiger partial charge in [0.15, 0.2) is 0 Å². The predicted octanol–water partition coefficient (Wildman–Crippen LogP) is 6.12. The third-order valence-electron chi connectivity index (χ3n) is 7.28. The van der Waals surface area contributed by atoms with Crippen LogP contribution in [0.4, 0.5) is 4.39 Å². The summed E-state index contributed by atoms with van der Waals surface area (Å²) in [5, 5.41) is 0.351. The van der Waals surface area contributed by atoms with Crippen LogP contribution in [0.25, 0.3) is 15.9 Å². The van der Waals surface area contributed by atoms with E-state index in [1.165, 1.54) is 17.4 Å². The maximum absolute atomic E-state index is 14.1. The lowest BCUT2D eigenvalue weighted by Gasteiger charge is -2.29. The zero-order valence-corrected chi connectivity index (χ0v) is 24.2. The fourth-order valence-corrected chi connectivity index (χ4v) is 6.08. The van der Waals surface area contributed by atoms with Gasteiger partial charge in [-0.15, -0.1) is 11.3 Å². The molecule has 0 aliphatic carbocycles. The van der Waals surface area contributed by atoms with Gasteiger partial charge >= 0.3 is 5.97 Å². The Morgan fingerprint density at radius 3 is 2.85 bits per heavy atom.